The van der Waals surface area contributed by atoms with Crippen LogP contribution < -0.4 is 4.90 Å². The molecule has 0 saturated carbocycles. The van der Waals surface area contributed by atoms with E-state index < -0.39 is 6.10 Å². The Hall–Kier alpha value is -1.17. The summed E-state index contributed by atoms with van der Waals surface area (Å²) >= 11 is 0. The summed E-state index contributed by atoms with van der Waals surface area (Å²) < 4.78 is 5.42. The molecule has 0 spiro atoms. The molecule has 1 N–H and O–H groups in total. The van der Waals surface area contributed by atoms with Crippen molar-refractivity contribution in [3.8, 4) is 0 Å². The van der Waals surface area contributed by atoms with Crippen LogP contribution in [0.4, 0.5) is 5.82 Å². The Labute approximate surface area is 120 Å². The van der Waals surface area contributed by atoms with Crippen LogP contribution in [0.3, 0.4) is 0 Å². The fourth-order valence-electron chi connectivity index (χ4n) is 3.06. The highest BCUT2D eigenvalue weighted by molar-refractivity contribution is 5.43. The van der Waals surface area contributed by atoms with Crippen LogP contribution in [-0.2, 0) is 4.74 Å². The van der Waals surface area contributed by atoms with Gasteiger partial charge in [-0.3, -0.25) is 4.90 Å². The van der Waals surface area contributed by atoms with Crippen molar-refractivity contribution in [1.82, 2.24) is 9.88 Å². The molecule has 2 fully saturated rings. The van der Waals surface area contributed by atoms with Gasteiger partial charge in [0.15, 0.2) is 0 Å². The van der Waals surface area contributed by atoms with Gasteiger partial charge >= 0.3 is 0 Å². The first-order chi connectivity index (χ1) is 9.74. The minimum Gasteiger partial charge on any atom is -0.389 e. The molecule has 0 aromatic carbocycles. The van der Waals surface area contributed by atoms with Crippen LogP contribution in [-0.4, -0.2) is 60.4 Å². The first-order valence-corrected chi connectivity index (χ1v) is 7.45. The third-order valence-electron chi connectivity index (χ3n) is 4.30. The van der Waals surface area contributed by atoms with E-state index in [0.717, 1.165) is 50.8 Å². The monoisotopic (exact) mass is 277 g/mol. The number of aliphatic hydroxyl groups is 1. The number of ether oxygens (including phenoxy) is 1. The summed E-state index contributed by atoms with van der Waals surface area (Å²) in [6, 6.07) is 4.49. The Balaban J connectivity index is 1.65. The lowest BCUT2D eigenvalue weighted by Gasteiger charge is -2.32. The van der Waals surface area contributed by atoms with E-state index in [2.05, 4.69) is 14.8 Å². The Morgan fingerprint density at radius 2 is 2.15 bits per heavy atom. The summed E-state index contributed by atoms with van der Waals surface area (Å²) in [7, 11) is 0. The number of pyridine rings is 1. The zero-order chi connectivity index (χ0) is 13.9. The Kier molecular flexibility index (Phi) is 4.19. The van der Waals surface area contributed by atoms with Crippen LogP contribution in [0.2, 0.25) is 0 Å². The lowest BCUT2D eigenvalue weighted by atomic mass is 10.2. The molecule has 0 aliphatic carbocycles. The molecule has 2 unspecified atom stereocenters. The normalized spacial score (nSPS) is 25.9. The molecular formula is C15H23N3O2. The number of anilines is 1. The SMILES string of the molecule is CC(O)c1ccnc(N2CCC(N3CCOCC3)C2)c1. The van der Waals surface area contributed by atoms with E-state index in [1.807, 2.05) is 12.1 Å². The van der Waals surface area contributed by atoms with E-state index in [0.29, 0.717) is 6.04 Å². The Morgan fingerprint density at radius 3 is 2.90 bits per heavy atom. The molecule has 0 radical (unpaired) electrons. The molecule has 3 heterocycles. The highest BCUT2D eigenvalue weighted by Gasteiger charge is 2.29. The molecular weight excluding hydrogens is 254 g/mol. The summed E-state index contributed by atoms with van der Waals surface area (Å²) in [5, 5.41) is 9.68. The number of nitrogens with zero attached hydrogens (tertiary/aromatic N) is 3. The molecule has 2 aliphatic rings. The van der Waals surface area contributed by atoms with Crippen molar-refractivity contribution in [1.29, 1.82) is 0 Å². The first kappa shape index (κ1) is 13.8. The van der Waals surface area contributed by atoms with Gasteiger partial charge in [-0.1, -0.05) is 0 Å². The lowest BCUT2D eigenvalue weighted by Crippen LogP contribution is -2.44. The maximum absolute atomic E-state index is 9.68. The maximum atomic E-state index is 9.68. The van der Waals surface area contributed by atoms with Gasteiger partial charge in [0.25, 0.3) is 0 Å². The van der Waals surface area contributed by atoms with Crippen molar-refractivity contribution in [3.05, 3.63) is 23.9 Å². The third-order valence-corrected chi connectivity index (χ3v) is 4.30. The smallest absolute Gasteiger partial charge is 0.128 e. The van der Waals surface area contributed by atoms with Crippen molar-refractivity contribution in [2.45, 2.75) is 25.5 Å². The second-order valence-corrected chi connectivity index (χ2v) is 5.66. The van der Waals surface area contributed by atoms with Gasteiger partial charge < -0.3 is 14.7 Å². The van der Waals surface area contributed by atoms with Crippen molar-refractivity contribution in [3.63, 3.8) is 0 Å². The standard InChI is InChI=1S/C15H23N3O2/c1-12(19)13-2-4-16-15(10-13)18-5-3-14(11-18)17-6-8-20-9-7-17/h2,4,10,12,14,19H,3,5-9,11H2,1H3. The molecule has 110 valence electrons. The van der Waals surface area contributed by atoms with Gasteiger partial charge in [0.1, 0.15) is 5.82 Å². The van der Waals surface area contributed by atoms with Crippen LogP contribution in [0.1, 0.15) is 25.0 Å². The van der Waals surface area contributed by atoms with Crippen LogP contribution in [0.15, 0.2) is 18.3 Å². The van der Waals surface area contributed by atoms with E-state index in [1.54, 1.807) is 13.1 Å². The van der Waals surface area contributed by atoms with Gasteiger partial charge in [-0.2, -0.15) is 0 Å². The summed E-state index contributed by atoms with van der Waals surface area (Å²) in [5.74, 6) is 0.985. The van der Waals surface area contributed by atoms with Crippen molar-refractivity contribution < 1.29 is 9.84 Å². The first-order valence-electron chi connectivity index (χ1n) is 7.45. The van der Waals surface area contributed by atoms with E-state index in [1.165, 1.54) is 6.42 Å². The summed E-state index contributed by atoms with van der Waals surface area (Å²) in [6.07, 6.45) is 2.54. The molecule has 1 aromatic heterocycles. The molecule has 2 saturated heterocycles. The van der Waals surface area contributed by atoms with E-state index in [-0.39, 0.29) is 0 Å². The molecule has 0 bridgehead atoms. The second-order valence-electron chi connectivity index (χ2n) is 5.66. The predicted molar refractivity (Wildman–Crippen MR) is 77.9 cm³/mol. The van der Waals surface area contributed by atoms with Crippen LogP contribution in [0.5, 0.6) is 0 Å². The van der Waals surface area contributed by atoms with Gasteiger partial charge in [0.05, 0.1) is 19.3 Å². The molecule has 5 heteroatoms. The average Bonchev–Trinajstić information content (AvgIpc) is 2.98. The summed E-state index contributed by atoms with van der Waals surface area (Å²) in [5.41, 5.74) is 0.935. The number of hydrogen-bond acceptors (Lipinski definition) is 5. The number of hydrogen-bond donors (Lipinski definition) is 1. The average molecular weight is 277 g/mol. The zero-order valence-electron chi connectivity index (χ0n) is 12.0. The Morgan fingerprint density at radius 1 is 1.35 bits per heavy atom. The van der Waals surface area contributed by atoms with Crippen molar-refractivity contribution in [2.75, 3.05) is 44.3 Å². The van der Waals surface area contributed by atoms with Crippen LogP contribution in [0, 0.1) is 0 Å². The fraction of sp³-hybridized carbons (Fsp3) is 0.667. The van der Waals surface area contributed by atoms with E-state index in [9.17, 15) is 5.11 Å². The Bertz CT molecular complexity index is 446. The summed E-state index contributed by atoms with van der Waals surface area (Å²) in [4.78, 5) is 9.31. The molecule has 2 atom stereocenters. The van der Waals surface area contributed by atoms with Gasteiger partial charge in [-0.05, 0) is 31.0 Å². The number of aliphatic hydroxyl groups excluding tert-OH is 1. The highest BCUT2D eigenvalue weighted by atomic mass is 16.5. The fourth-order valence-corrected chi connectivity index (χ4v) is 3.06. The van der Waals surface area contributed by atoms with Gasteiger partial charge in [0, 0.05) is 38.4 Å². The van der Waals surface area contributed by atoms with Gasteiger partial charge in [-0.15, -0.1) is 0 Å². The number of aromatic nitrogens is 1. The summed E-state index contributed by atoms with van der Waals surface area (Å²) in [6.45, 7) is 7.64. The predicted octanol–water partition coefficient (Wildman–Crippen LogP) is 1.05. The number of rotatable bonds is 3. The van der Waals surface area contributed by atoms with Gasteiger partial charge in [-0.25, -0.2) is 4.98 Å². The van der Waals surface area contributed by atoms with E-state index >= 15 is 0 Å². The lowest BCUT2D eigenvalue weighted by molar-refractivity contribution is 0.0209. The number of morpholine rings is 1. The molecule has 20 heavy (non-hydrogen) atoms. The molecule has 2 aliphatic heterocycles. The van der Waals surface area contributed by atoms with Crippen LogP contribution >= 0.6 is 0 Å². The third kappa shape index (κ3) is 2.95. The quantitative estimate of drug-likeness (QED) is 0.895. The second kappa shape index (κ2) is 6.08. The molecule has 5 nitrogen and oxygen atoms in total. The molecule has 0 amide bonds. The molecule has 1 aromatic rings. The minimum atomic E-state index is -0.436. The maximum Gasteiger partial charge on any atom is 0.128 e. The molecule has 3 rings (SSSR count). The van der Waals surface area contributed by atoms with Crippen molar-refractivity contribution >= 4 is 5.82 Å². The topological polar surface area (TPSA) is 48.8 Å². The van der Waals surface area contributed by atoms with Gasteiger partial charge in [0.2, 0.25) is 0 Å². The zero-order valence-corrected chi connectivity index (χ0v) is 12.0. The van der Waals surface area contributed by atoms with E-state index in [4.69, 9.17) is 4.74 Å². The minimum absolute atomic E-state index is 0.436. The largest absolute Gasteiger partial charge is 0.389 e. The highest BCUT2D eigenvalue weighted by Crippen LogP contribution is 2.24. The van der Waals surface area contributed by atoms with Crippen molar-refractivity contribution in [2.24, 2.45) is 0 Å². The van der Waals surface area contributed by atoms with Crippen LogP contribution in [0.25, 0.3) is 0 Å².